The van der Waals surface area contributed by atoms with Crippen LogP contribution < -0.4 is 25.1 Å². The fourth-order valence-corrected chi connectivity index (χ4v) is 3.01. The van der Waals surface area contributed by atoms with Gasteiger partial charge in [0.25, 0.3) is 11.5 Å². The van der Waals surface area contributed by atoms with Crippen LogP contribution in [0.1, 0.15) is 0 Å². The number of hydrogen-bond acceptors (Lipinski definition) is 6. The molecule has 1 N–H and O–H groups in total. The summed E-state index contributed by atoms with van der Waals surface area (Å²) in [7, 11) is 3.13. The highest BCUT2D eigenvalue weighted by atomic mass is 35.5. The molecule has 0 fully saturated rings. The lowest BCUT2D eigenvalue weighted by Gasteiger charge is -2.12. The van der Waals surface area contributed by atoms with Gasteiger partial charge in [0.2, 0.25) is 0 Å². The average Bonchev–Trinajstić information content (AvgIpc) is 2.78. The van der Waals surface area contributed by atoms with Gasteiger partial charge < -0.3 is 19.5 Å². The first-order valence-corrected chi connectivity index (χ1v) is 9.83. The van der Waals surface area contributed by atoms with Crippen LogP contribution in [0.2, 0.25) is 5.02 Å². The van der Waals surface area contributed by atoms with Gasteiger partial charge in [0, 0.05) is 23.2 Å². The molecule has 8 nitrogen and oxygen atoms in total. The summed E-state index contributed by atoms with van der Waals surface area (Å²) < 4.78 is 17.3. The van der Waals surface area contributed by atoms with Crippen LogP contribution in [0, 0.1) is 0 Å². The molecule has 0 unspecified atom stereocenters. The van der Waals surface area contributed by atoms with Crippen LogP contribution in [0.4, 0.5) is 0 Å². The van der Waals surface area contributed by atoms with Gasteiger partial charge in [-0.2, -0.15) is 5.10 Å². The Morgan fingerprint density at radius 3 is 2.65 bits per heavy atom. The summed E-state index contributed by atoms with van der Waals surface area (Å²) >= 11 is 5.88. The second-order valence-electron chi connectivity index (χ2n) is 6.44. The molecule has 31 heavy (non-hydrogen) atoms. The Kier molecular flexibility index (Phi) is 7.50. The van der Waals surface area contributed by atoms with E-state index in [1.807, 2.05) is 0 Å². The molecule has 0 radical (unpaired) electrons. The number of benzene rings is 2. The average molecular weight is 444 g/mol. The molecular weight excluding hydrogens is 422 g/mol. The van der Waals surface area contributed by atoms with E-state index in [4.69, 9.17) is 25.8 Å². The summed E-state index contributed by atoms with van der Waals surface area (Å²) in [4.78, 5) is 24.2. The largest absolute Gasteiger partial charge is 0.497 e. The van der Waals surface area contributed by atoms with Crippen LogP contribution in [0.3, 0.4) is 0 Å². The Balaban J connectivity index is 1.62. The van der Waals surface area contributed by atoms with Crippen molar-refractivity contribution in [3.8, 4) is 28.5 Å². The number of amides is 1. The second kappa shape index (κ2) is 10.5. The molecule has 0 bridgehead atoms. The van der Waals surface area contributed by atoms with Crippen molar-refractivity contribution >= 4 is 17.5 Å². The molecule has 0 saturated carbocycles. The first-order valence-electron chi connectivity index (χ1n) is 9.46. The van der Waals surface area contributed by atoms with E-state index in [1.165, 1.54) is 10.7 Å². The number of nitrogens with one attached hydrogen (secondary N) is 1. The van der Waals surface area contributed by atoms with Crippen LogP contribution >= 0.6 is 11.6 Å². The fraction of sp³-hybridized carbons (Fsp3) is 0.227. The van der Waals surface area contributed by atoms with Gasteiger partial charge in [-0.05, 0) is 42.5 Å². The van der Waals surface area contributed by atoms with Crippen LogP contribution in [0.25, 0.3) is 11.3 Å². The zero-order chi connectivity index (χ0) is 22.2. The minimum atomic E-state index is -0.321. The quantitative estimate of drug-likeness (QED) is 0.546. The van der Waals surface area contributed by atoms with E-state index in [0.717, 1.165) is 0 Å². The lowest BCUT2D eigenvalue weighted by Crippen LogP contribution is -2.34. The van der Waals surface area contributed by atoms with E-state index in [-0.39, 0.29) is 31.2 Å². The molecule has 0 saturated heterocycles. The molecule has 9 heteroatoms. The normalized spacial score (nSPS) is 10.4. The molecule has 0 aliphatic rings. The highest BCUT2D eigenvalue weighted by Crippen LogP contribution is 2.31. The number of methoxy groups -OCH3 is 2. The zero-order valence-electron chi connectivity index (χ0n) is 17.1. The predicted octanol–water partition coefficient (Wildman–Crippen LogP) is 2.78. The number of hydrogen-bond donors (Lipinski definition) is 1. The SMILES string of the molecule is COc1ccc(OC)c(-c2ccc(=O)n(CCNC(=O)COc3cccc(Cl)c3)n2)c1. The number of aromatic nitrogens is 2. The van der Waals surface area contributed by atoms with Gasteiger partial charge in [-0.25, -0.2) is 4.68 Å². The van der Waals surface area contributed by atoms with Gasteiger partial charge in [0.15, 0.2) is 6.61 Å². The molecule has 162 valence electrons. The molecule has 1 heterocycles. The van der Waals surface area contributed by atoms with Gasteiger partial charge >= 0.3 is 0 Å². The van der Waals surface area contributed by atoms with Crippen LogP contribution in [0.5, 0.6) is 17.2 Å². The molecule has 0 spiro atoms. The minimum Gasteiger partial charge on any atom is -0.497 e. The highest BCUT2D eigenvalue weighted by Gasteiger charge is 2.11. The predicted molar refractivity (Wildman–Crippen MR) is 117 cm³/mol. The standard InChI is InChI=1S/C22H22ClN3O5/c1-29-16-6-8-20(30-2)18(13-16)19-7-9-22(28)26(25-19)11-10-24-21(27)14-31-17-5-3-4-15(23)12-17/h3-9,12-13H,10-11,14H2,1-2H3,(H,24,27). The van der Waals surface area contributed by atoms with Crippen molar-refractivity contribution in [2.24, 2.45) is 0 Å². The summed E-state index contributed by atoms with van der Waals surface area (Å²) in [6.45, 7) is 0.245. The Hall–Kier alpha value is -3.52. The maximum Gasteiger partial charge on any atom is 0.266 e. The number of ether oxygens (including phenoxy) is 3. The second-order valence-corrected chi connectivity index (χ2v) is 6.88. The molecule has 1 amide bonds. The summed E-state index contributed by atoms with van der Waals surface area (Å²) in [5.41, 5.74) is 0.954. The van der Waals surface area contributed by atoms with E-state index < -0.39 is 0 Å². The highest BCUT2D eigenvalue weighted by molar-refractivity contribution is 6.30. The Morgan fingerprint density at radius 1 is 1.06 bits per heavy atom. The maximum atomic E-state index is 12.2. The summed E-state index contributed by atoms with van der Waals surface area (Å²) in [5.74, 6) is 1.42. The number of rotatable bonds is 9. The van der Waals surface area contributed by atoms with Gasteiger partial charge in [0.1, 0.15) is 17.2 Å². The monoisotopic (exact) mass is 443 g/mol. The number of carbonyl (C=O) groups is 1. The van der Waals surface area contributed by atoms with E-state index in [0.29, 0.717) is 33.5 Å². The van der Waals surface area contributed by atoms with E-state index >= 15 is 0 Å². The van der Waals surface area contributed by atoms with E-state index in [1.54, 1.807) is 62.8 Å². The summed E-state index contributed by atoms with van der Waals surface area (Å²) in [6.07, 6.45) is 0. The van der Waals surface area contributed by atoms with Gasteiger partial charge in [-0.3, -0.25) is 9.59 Å². The number of nitrogens with zero attached hydrogens (tertiary/aromatic N) is 2. The Bertz CT molecular complexity index is 1120. The summed E-state index contributed by atoms with van der Waals surface area (Å²) in [6, 6.07) is 15.2. The Morgan fingerprint density at radius 2 is 1.90 bits per heavy atom. The number of halogens is 1. The number of carbonyl (C=O) groups excluding carboxylic acids is 1. The third-order valence-corrected chi connectivity index (χ3v) is 4.60. The van der Waals surface area contributed by atoms with Gasteiger partial charge in [-0.1, -0.05) is 17.7 Å². The van der Waals surface area contributed by atoms with Crippen molar-refractivity contribution in [1.82, 2.24) is 15.1 Å². The van der Waals surface area contributed by atoms with Crippen molar-refractivity contribution in [2.75, 3.05) is 27.4 Å². The maximum absolute atomic E-state index is 12.2. The molecule has 0 atom stereocenters. The van der Waals surface area contributed by atoms with Crippen molar-refractivity contribution in [3.63, 3.8) is 0 Å². The lowest BCUT2D eigenvalue weighted by molar-refractivity contribution is -0.123. The van der Waals surface area contributed by atoms with Crippen molar-refractivity contribution in [3.05, 3.63) is 70.0 Å². The van der Waals surface area contributed by atoms with Gasteiger partial charge in [0.05, 0.1) is 26.5 Å². The smallest absolute Gasteiger partial charge is 0.266 e. The van der Waals surface area contributed by atoms with Gasteiger partial charge in [-0.15, -0.1) is 0 Å². The van der Waals surface area contributed by atoms with Crippen LogP contribution in [0.15, 0.2) is 59.4 Å². The minimum absolute atomic E-state index is 0.163. The van der Waals surface area contributed by atoms with Crippen molar-refractivity contribution in [2.45, 2.75) is 6.54 Å². The fourth-order valence-electron chi connectivity index (χ4n) is 2.82. The lowest BCUT2D eigenvalue weighted by atomic mass is 10.1. The Labute approximate surface area is 184 Å². The van der Waals surface area contributed by atoms with Crippen molar-refractivity contribution < 1.29 is 19.0 Å². The third kappa shape index (κ3) is 5.99. The van der Waals surface area contributed by atoms with Crippen LogP contribution in [-0.2, 0) is 11.3 Å². The molecular formula is C22H22ClN3O5. The van der Waals surface area contributed by atoms with Crippen molar-refractivity contribution in [1.29, 1.82) is 0 Å². The summed E-state index contributed by atoms with van der Waals surface area (Å²) in [5, 5.41) is 7.62. The molecule has 3 rings (SSSR count). The first kappa shape index (κ1) is 22.2. The first-order chi connectivity index (χ1) is 15.0. The molecule has 1 aromatic heterocycles. The molecule has 2 aromatic carbocycles. The topological polar surface area (TPSA) is 91.7 Å². The molecule has 0 aliphatic carbocycles. The third-order valence-electron chi connectivity index (χ3n) is 4.36. The molecule has 0 aliphatic heterocycles. The van der Waals surface area contributed by atoms with Crippen LogP contribution in [-0.4, -0.2) is 43.1 Å². The zero-order valence-corrected chi connectivity index (χ0v) is 17.9. The molecule has 3 aromatic rings. The van der Waals surface area contributed by atoms with E-state index in [9.17, 15) is 9.59 Å². The van der Waals surface area contributed by atoms with E-state index in [2.05, 4.69) is 10.4 Å².